The van der Waals surface area contributed by atoms with Gasteiger partial charge in [-0.25, -0.2) is 9.98 Å². The van der Waals surface area contributed by atoms with Gasteiger partial charge >= 0.3 is 0 Å². The summed E-state index contributed by atoms with van der Waals surface area (Å²) in [5.41, 5.74) is 11.6. The van der Waals surface area contributed by atoms with E-state index < -0.39 is 0 Å². The van der Waals surface area contributed by atoms with Gasteiger partial charge in [-0.15, -0.1) is 0 Å². The first-order valence-corrected chi connectivity index (χ1v) is 11.8. The summed E-state index contributed by atoms with van der Waals surface area (Å²) in [7, 11) is 0. The molecule has 6 heteroatoms. The standard InChI is InChI=1S/C23H46N6/c1-3-5-7-9-13-17-21(26)28-23(19-15-11-12-16-20(24)25)29-22(27)18-14-10-8-6-4-2/h3-19H2,1-2H3,(H3,24,25)(H3,26,27,28,29). The van der Waals surface area contributed by atoms with Crippen molar-refractivity contribution in [3.05, 3.63) is 0 Å². The Morgan fingerprint density at radius 1 is 0.586 bits per heavy atom. The molecule has 0 aliphatic heterocycles. The van der Waals surface area contributed by atoms with Gasteiger partial charge in [-0.3, -0.25) is 10.8 Å². The number of nitrogens with two attached hydrogens (primary N) is 2. The lowest BCUT2D eigenvalue weighted by Crippen LogP contribution is -2.15. The number of aliphatic imine (C=N–C) groups is 2. The number of rotatable bonds is 18. The Morgan fingerprint density at radius 3 is 1.66 bits per heavy atom. The first kappa shape index (κ1) is 27.3. The number of hydrogen-bond acceptors (Lipinski definition) is 2. The van der Waals surface area contributed by atoms with Crippen molar-refractivity contribution in [1.82, 2.24) is 0 Å². The molecule has 0 aliphatic carbocycles. The van der Waals surface area contributed by atoms with Gasteiger partial charge in [0.15, 0.2) is 0 Å². The lowest BCUT2D eigenvalue weighted by Gasteiger charge is -2.06. The van der Waals surface area contributed by atoms with E-state index >= 15 is 0 Å². The molecule has 0 radical (unpaired) electrons. The summed E-state index contributed by atoms with van der Waals surface area (Å²) in [6.45, 7) is 4.43. The summed E-state index contributed by atoms with van der Waals surface area (Å²) < 4.78 is 0. The van der Waals surface area contributed by atoms with Crippen LogP contribution in [-0.2, 0) is 0 Å². The molecule has 0 bridgehead atoms. The van der Waals surface area contributed by atoms with Crippen molar-refractivity contribution < 1.29 is 0 Å². The summed E-state index contributed by atoms with van der Waals surface area (Å²) in [6, 6.07) is 0. The highest BCUT2D eigenvalue weighted by molar-refractivity contribution is 6.02. The molecule has 0 spiro atoms. The second-order valence-corrected chi connectivity index (χ2v) is 7.99. The van der Waals surface area contributed by atoms with E-state index in [9.17, 15) is 0 Å². The molecule has 0 atom stereocenters. The molecule has 168 valence electrons. The monoisotopic (exact) mass is 406 g/mol. The molecule has 0 aromatic rings. The SMILES string of the molecule is CCCCCCCC(=N)N=C(CCCCCC(=N)N)N=C(N)CCCCCCC. The molecule has 0 heterocycles. The smallest absolute Gasteiger partial charge is 0.132 e. The highest BCUT2D eigenvalue weighted by atomic mass is 15.0. The zero-order valence-electron chi connectivity index (χ0n) is 19.1. The average Bonchev–Trinajstić information content (AvgIpc) is 2.67. The lowest BCUT2D eigenvalue weighted by molar-refractivity contribution is 0.642. The minimum absolute atomic E-state index is 0.245. The molecule has 0 rings (SSSR count). The fourth-order valence-corrected chi connectivity index (χ4v) is 3.15. The normalized spacial score (nSPS) is 12.3. The van der Waals surface area contributed by atoms with Crippen LogP contribution in [0.2, 0.25) is 0 Å². The van der Waals surface area contributed by atoms with Crippen LogP contribution in [0.3, 0.4) is 0 Å². The summed E-state index contributed by atoms with van der Waals surface area (Å²) in [4.78, 5) is 9.05. The molecule has 0 aromatic heterocycles. The maximum absolute atomic E-state index is 8.19. The molecular formula is C23H46N6. The van der Waals surface area contributed by atoms with Crippen LogP contribution in [0.1, 0.15) is 123 Å². The van der Waals surface area contributed by atoms with E-state index in [1.54, 1.807) is 0 Å². The van der Waals surface area contributed by atoms with E-state index in [1.165, 1.54) is 44.9 Å². The van der Waals surface area contributed by atoms with Crippen molar-refractivity contribution in [3.8, 4) is 0 Å². The van der Waals surface area contributed by atoms with Crippen molar-refractivity contribution in [2.75, 3.05) is 0 Å². The van der Waals surface area contributed by atoms with Crippen LogP contribution in [0.25, 0.3) is 0 Å². The Balaban J connectivity index is 4.57. The third-order valence-electron chi connectivity index (χ3n) is 4.94. The Labute approximate surface area is 179 Å². The molecule has 0 aliphatic rings. The van der Waals surface area contributed by atoms with Gasteiger partial charge in [0.25, 0.3) is 0 Å². The maximum atomic E-state index is 8.19. The Hall–Kier alpha value is -1.72. The predicted molar refractivity (Wildman–Crippen MR) is 129 cm³/mol. The molecule has 0 saturated carbocycles. The summed E-state index contributed by atoms with van der Waals surface area (Å²) in [5.74, 6) is 1.99. The molecule has 29 heavy (non-hydrogen) atoms. The largest absolute Gasteiger partial charge is 0.388 e. The molecule has 0 amide bonds. The van der Waals surface area contributed by atoms with E-state index in [0.29, 0.717) is 30.3 Å². The van der Waals surface area contributed by atoms with Gasteiger partial charge in [-0.1, -0.05) is 71.6 Å². The molecule has 0 unspecified atom stereocenters. The Morgan fingerprint density at radius 2 is 1.07 bits per heavy atom. The third kappa shape index (κ3) is 19.4. The second-order valence-electron chi connectivity index (χ2n) is 7.99. The molecule has 0 saturated heterocycles. The zero-order valence-corrected chi connectivity index (χ0v) is 19.1. The van der Waals surface area contributed by atoms with Crippen molar-refractivity contribution in [1.29, 1.82) is 10.8 Å². The first-order valence-electron chi connectivity index (χ1n) is 11.8. The molecule has 0 aromatic carbocycles. The Kier molecular flexibility index (Phi) is 18.4. The van der Waals surface area contributed by atoms with Gasteiger partial charge in [0.2, 0.25) is 0 Å². The van der Waals surface area contributed by atoms with Crippen LogP contribution in [0.4, 0.5) is 0 Å². The van der Waals surface area contributed by atoms with Crippen molar-refractivity contribution in [3.63, 3.8) is 0 Å². The van der Waals surface area contributed by atoms with E-state index in [0.717, 1.165) is 51.4 Å². The fourth-order valence-electron chi connectivity index (χ4n) is 3.15. The van der Waals surface area contributed by atoms with Crippen LogP contribution in [0, 0.1) is 10.8 Å². The zero-order chi connectivity index (χ0) is 21.7. The summed E-state index contributed by atoms with van der Waals surface area (Å²) in [5, 5.41) is 15.5. The second kappa shape index (κ2) is 19.6. The number of unbranched alkanes of at least 4 members (excludes halogenated alkanes) is 10. The highest BCUT2D eigenvalue weighted by Crippen LogP contribution is 2.10. The third-order valence-corrected chi connectivity index (χ3v) is 4.94. The van der Waals surface area contributed by atoms with Crippen molar-refractivity contribution >= 4 is 23.3 Å². The van der Waals surface area contributed by atoms with Crippen LogP contribution >= 0.6 is 0 Å². The maximum Gasteiger partial charge on any atom is 0.132 e. The summed E-state index contributed by atoms with van der Waals surface area (Å²) >= 11 is 0. The minimum atomic E-state index is 0.245. The Bertz CT molecular complexity index is 496. The molecule has 6 nitrogen and oxygen atoms in total. The van der Waals surface area contributed by atoms with Crippen LogP contribution in [0.15, 0.2) is 9.98 Å². The van der Waals surface area contributed by atoms with Gasteiger partial charge in [0, 0.05) is 25.7 Å². The predicted octanol–water partition coefficient (Wildman–Crippen LogP) is 6.33. The molecule has 0 fully saturated rings. The van der Waals surface area contributed by atoms with Gasteiger partial charge in [0.05, 0.1) is 5.84 Å². The molecule has 6 N–H and O–H groups in total. The quantitative estimate of drug-likeness (QED) is 0.121. The fraction of sp³-hybridized carbons (Fsp3) is 0.826. The summed E-state index contributed by atoms with van der Waals surface area (Å²) in [6.07, 6.45) is 17.7. The van der Waals surface area contributed by atoms with Crippen LogP contribution < -0.4 is 11.5 Å². The average molecular weight is 407 g/mol. The van der Waals surface area contributed by atoms with E-state index in [1.807, 2.05) is 0 Å². The minimum Gasteiger partial charge on any atom is -0.388 e. The number of nitrogens with one attached hydrogen (secondary N) is 2. The van der Waals surface area contributed by atoms with Gasteiger partial charge < -0.3 is 11.5 Å². The number of amidine groups is 4. The first-order chi connectivity index (χ1) is 14.0. The van der Waals surface area contributed by atoms with E-state index in [4.69, 9.17) is 22.3 Å². The van der Waals surface area contributed by atoms with Crippen molar-refractivity contribution in [2.24, 2.45) is 21.5 Å². The number of hydrogen-bond donors (Lipinski definition) is 4. The molecular weight excluding hydrogens is 360 g/mol. The van der Waals surface area contributed by atoms with Gasteiger partial charge in [-0.2, -0.15) is 0 Å². The van der Waals surface area contributed by atoms with Gasteiger partial charge in [-0.05, 0) is 25.7 Å². The van der Waals surface area contributed by atoms with E-state index in [2.05, 4.69) is 23.8 Å². The number of nitrogens with zero attached hydrogens (tertiary/aromatic N) is 2. The highest BCUT2D eigenvalue weighted by Gasteiger charge is 2.04. The topological polar surface area (TPSA) is 124 Å². The van der Waals surface area contributed by atoms with Crippen LogP contribution in [-0.4, -0.2) is 23.3 Å². The van der Waals surface area contributed by atoms with Crippen molar-refractivity contribution in [2.45, 2.75) is 123 Å². The van der Waals surface area contributed by atoms with Gasteiger partial charge in [0.1, 0.15) is 17.5 Å². The van der Waals surface area contributed by atoms with E-state index in [-0.39, 0.29) is 5.84 Å². The van der Waals surface area contributed by atoms with Crippen LogP contribution in [0.5, 0.6) is 0 Å². The lowest BCUT2D eigenvalue weighted by atomic mass is 10.1.